The van der Waals surface area contributed by atoms with Gasteiger partial charge in [0.15, 0.2) is 4.91 Å². The molecule has 0 bridgehead atoms. The Balaban J connectivity index is 2.21. The van der Waals surface area contributed by atoms with E-state index in [-0.39, 0.29) is 40.1 Å². The molecule has 0 saturated heterocycles. The van der Waals surface area contributed by atoms with Crippen molar-refractivity contribution in [3.63, 3.8) is 0 Å². The minimum Gasteiger partial charge on any atom is -0.368 e. The minimum atomic E-state index is -4.11. The Labute approximate surface area is 173 Å². The quantitative estimate of drug-likeness (QED) is 0.676. The van der Waals surface area contributed by atoms with Gasteiger partial charge in [-0.25, -0.2) is 8.42 Å². The highest BCUT2D eigenvalue weighted by Crippen LogP contribution is 2.35. The van der Waals surface area contributed by atoms with Crippen LogP contribution >= 0.6 is 0 Å². The summed E-state index contributed by atoms with van der Waals surface area (Å²) in [4.78, 5) is 28.1. The predicted octanol–water partition coefficient (Wildman–Crippen LogP) is 3.60. The Morgan fingerprint density at radius 2 is 1.41 bits per heavy atom. The Morgan fingerprint density at radius 1 is 0.862 bits per heavy atom. The highest BCUT2D eigenvalue weighted by atomic mass is 32.2. The van der Waals surface area contributed by atoms with E-state index in [9.17, 15) is 18.0 Å². The van der Waals surface area contributed by atoms with Gasteiger partial charge in [0.25, 0.3) is 0 Å². The molecule has 3 rings (SSSR count). The topological polar surface area (TPSA) is 74.8 Å². The number of benzene rings is 1. The third-order valence-electron chi connectivity index (χ3n) is 5.99. The first-order chi connectivity index (χ1) is 13.9. The maximum absolute atomic E-state index is 13.8. The number of nitrogens with zero attached hydrogens (tertiary/aromatic N) is 2. The monoisotopic (exact) mass is 418 g/mol. The molecule has 0 aliphatic heterocycles. The van der Waals surface area contributed by atoms with E-state index < -0.39 is 15.8 Å². The average molecular weight is 419 g/mol. The molecule has 0 heterocycles. The van der Waals surface area contributed by atoms with Gasteiger partial charge in [-0.2, -0.15) is 4.31 Å². The fourth-order valence-corrected chi connectivity index (χ4v) is 6.50. The van der Waals surface area contributed by atoms with Crippen LogP contribution in [0.25, 0.3) is 0 Å². The van der Waals surface area contributed by atoms with Crippen molar-refractivity contribution in [2.45, 2.75) is 58.9 Å². The van der Waals surface area contributed by atoms with Gasteiger partial charge < -0.3 is 4.90 Å². The minimum absolute atomic E-state index is 0.0213. The number of carbonyl (C=O) groups excluding carboxylic acids is 2. The number of carbonyl (C=O) groups is 2. The van der Waals surface area contributed by atoms with Crippen molar-refractivity contribution < 1.29 is 18.0 Å². The maximum atomic E-state index is 13.8. The molecule has 158 valence electrons. The number of hydrogen-bond acceptors (Lipinski definition) is 5. The molecule has 0 radical (unpaired) electrons. The first kappa shape index (κ1) is 21.7. The van der Waals surface area contributed by atoms with Gasteiger partial charge in [0.2, 0.25) is 21.6 Å². The van der Waals surface area contributed by atoms with E-state index in [1.165, 1.54) is 4.31 Å². The zero-order valence-electron chi connectivity index (χ0n) is 17.5. The summed E-state index contributed by atoms with van der Waals surface area (Å²) in [6.45, 7) is 6.69. The van der Waals surface area contributed by atoms with E-state index in [1.807, 2.05) is 13.8 Å². The van der Waals surface area contributed by atoms with E-state index in [0.717, 1.165) is 32.1 Å². The second-order valence-electron chi connectivity index (χ2n) is 7.55. The molecule has 7 heteroatoms. The molecule has 1 saturated carbocycles. The van der Waals surface area contributed by atoms with Crippen LogP contribution in [0.5, 0.6) is 0 Å². The molecule has 29 heavy (non-hydrogen) atoms. The summed E-state index contributed by atoms with van der Waals surface area (Å²) < 4.78 is 29.0. The number of hydrogen-bond donors (Lipinski definition) is 0. The van der Waals surface area contributed by atoms with Crippen molar-refractivity contribution in [2.75, 3.05) is 19.6 Å². The van der Waals surface area contributed by atoms with Crippen LogP contribution < -0.4 is 0 Å². The van der Waals surface area contributed by atoms with Crippen LogP contribution in [0.4, 0.5) is 0 Å². The van der Waals surface area contributed by atoms with Gasteiger partial charge >= 0.3 is 0 Å². The summed E-state index contributed by atoms with van der Waals surface area (Å²) in [6.07, 6.45) is 4.65. The Hall–Kier alpha value is -1.99. The highest BCUT2D eigenvalue weighted by molar-refractivity contribution is 7.94. The number of likely N-dealkylation sites (N-methyl/N-ethyl adjacent to an activating group) is 1. The van der Waals surface area contributed by atoms with E-state index in [0.29, 0.717) is 13.1 Å². The van der Waals surface area contributed by atoms with Gasteiger partial charge in [0, 0.05) is 36.8 Å². The zero-order chi connectivity index (χ0) is 21.2. The lowest BCUT2D eigenvalue weighted by molar-refractivity contribution is 0.0948. The van der Waals surface area contributed by atoms with Gasteiger partial charge in [0.05, 0.1) is 0 Å². The Bertz CT molecular complexity index is 926. The normalized spacial score (nSPS) is 18.3. The number of sulfonamides is 1. The second-order valence-corrected chi connectivity index (χ2v) is 9.38. The highest BCUT2D eigenvalue weighted by Gasteiger charge is 2.44. The van der Waals surface area contributed by atoms with Crippen LogP contribution in [-0.4, -0.2) is 54.9 Å². The second kappa shape index (κ2) is 8.79. The predicted molar refractivity (Wildman–Crippen MR) is 113 cm³/mol. The fraction of sp³-hybridized carbons (Fsp3) is 0.545. The average Bonchev–Trinajstić information content (AvgIpc) is 2.73. The molecule has 2 aliphatic rings. The third-order valence-corrected chi connectivity index (χ3v) is 8.06. The summed E-state index contributed by atoms with van der Waals surface area (Å²) in [7, 11) is -4.11. The first-order valence-electron chi connectivity index (χ1n) is 10.6. The van der Waals surface area contributed by atoms with E-state index >= 15 is 0 Å². The number of allylic oxidation sites excluding steroid dienone is 2. The smallest absolute Gasteiger partial charge is 0.249 e. The summed E-state index contributed by atoms with van der Waals surface area (Å²) >= 11 is 0. The molecule has 0 N–H and O–H groups in total. The standard InChI is InChI=1S/C22H30N2O4S/c1-4-23(5-2)19-20(25)17-14-10-11-15-18(17)21(26)22(19)29(27,28)24(6-3)16-12-8-7-9-13-16/h10-11,14-16H,4-9,12-13H2,1-3H3. The number of ketones is 2. The molecule has 0 spiro atoms. The molecule has 0 atom stereocenters. The lowest BCUT2D eigenvalue weighted by Crippen LogP contribution is -2.46. The van der Waals surface area contributed by atoms with Crippen LogP contribution in [0.2, 0.25) is 0 Å². The van der Waals surface area contributed by atoms with E-state index in [1.54, 1.807) is 36.1 Å². The van der Waals surface area contributed by atoms with Crippen molar-refractivity contribution in [1.82, 2.24) is 9.21 Å². The summed E-state index contributed by atoms with van der Waals surface area (Å²) in [6, 6.07) is 6.38. The van der Waals surface area contributed by atoms with Crippen LogP contribution in [0.3, 0.4) is 0 Å². The lowest BCUT2D eigenvalue weighted by atomic mass is 9.92. The summed E-state index contributed by atoms with van der Waals surface area (Å²) in [5.41, 5.74) is 0.471. The molecule has 6 nitrogen and oxygen atoms in total. The molecular weight excluding hydrogens is 388 g/mol. The van der Waals surface area contributed by atoms with Crippen LogP contribution in [0.1, 0.15) is 73.6 Å². The third kappa shape index (κ3) is 3.78. The molecule has 0 aromatic heterocycles. The van der Waals surface area contributed by atoms with Crippen molar-refractivity contribution >= 4 is 21.6 Å². The van der Waals surface area contributed by atoms with Gasteiger partial charge in [-0.1, -0.05) is 50.5 Å². The Morgan fingerprint density at radius 3 is 1.93 bits per heavy atom. The van der Waals surface area contributed by atoms with E-state index in [2.05, 4.69) is 0 Å². The molecule has 1 aromatic rings. The number of rotatable bonds is 7. The van der Waals surface area contributed by atoms with Crippen molar-refractivity contribution in [2.24, 2.45) is 0 Å². The molecule has 2 aliphatic carbocycles. The van der Waals surface area contributed by atoms with Crippen LogP contribution in [0, 0.1) is 0 Å². The zero-order valence-corrected chi connectivity index (χ0v) is 18.3. The number of Topliss-reactive ketones (excluding diaryl/α,β-unsaturated/α-hetero) is 2. The summed E-state index contributed by atoms with van der Waals surface area (Å²) in [5.74, 6) is -0.960. The largest absolute Gasteiger partial charge is 0.368 e. The Kier molecular flexibility index (Phi) is 6.58. The van der Waals surface area contributed by atoms with Gasteiger partial charge in [-0.15, -0.1) is 0 Å². The van der Waals surface area contributed by atoms with Crippen molar-refractivity contribution in [3.8, 4) is 0 Å². The van der Waals surface area contributed by atoms with Crippen molar-refractivity contribution in [1.29, 1.82) is 0 Å². The van der Waals surface area contributed by atoms with Gasteiger partial charge in [-0.05, 0) is 26.7 Å². The maximum Gasteiger partial charge on any atom is 0.249 e. The van der Waals surface area contributed by atoms with Crippen molar-refractivity contribution in [3.05, 3.63) is 46.0 Å². The van der Waals surface area contributed by atoms with Crippen LogP contribution in [0.15, 0.2) is 34.9 Å². The molecule has 0 unspecified atom stereocenters. The summed E-state index contributed by atoms with van der Waals surface area (Å²) in [5, 5.41) is 0. The lowest BCUT2D eigenvalue weighted by Gasteiger charge is -2.35. The van der Waals surface area contributed by atoms with Gasteiger partial charge in [0.1, 0.15) is 5.70 Å². The fourth-order valence-electron chi connectivity index (χ4n) is 4.52. The van der Waals surface area contributed by atoms with Gasteiger partial charge in [-0.3, -0.25) is 9.59 Å². The van der Waals surface area contributed by atoms with E-state index in [4.69, 9.17) is 0 Å². The van der Waals surface area contributed by atoms with Crippen LogP contribution in [-0.2, 0) is 10.0 Å². The molecule has 1 fully saturated rings. The molecule has 0 amide bonds. The molecular formula is C22H30N2O4S. The number of fused-ring (bicyclic) bond motifs is 1. The molecule has 1 aromatic carbocycles. The first-order valence-corrected chi connectivity index (χ1v) is 12.0. The SMILES string of the molecule is CCN(CC)C1=C(S(=O)(=O)N(CC)C2CCCCC2)C(=O)c2ccccc2C1=O.